The zero-order chi connectivity index (χ0) is 12.5. The molecule has 0 aliphatic rings. The lowest BCUT2D eigenvalue weighted by Crippen LogP contribution is -2.00. The van der Waals surface area contributed by atoms with E-state index in [9.17, 15) is 18.5 Å². The second kappa shape index (κ2) is 4.72. The SMILES string of the molecule is COc1cc(I)c(S(=O)(=O)Cl)cc1[N+](=O)[O-]. The number of hydrogen-bond acceptors (Lipinski definition) is 5. The summed E-state index contributed by atoms with van der Waals surface area (Å²) >= 11 is 1.71. The summed E-state index contributed by atoms with van der Waals surface area (Å²) in [5, 5.41) is 10.7. The van der Waals surface area contributed by atoms with Gasteiger partial charge in [-0.3, -0.25) is 10.1 Å². The topological polar surface area (TPSA) is 86.5 Å². The molecule has 0 saturated heterocycles. The van der Waals surface area contributed by atoms with E-state index >= 15 is 0 Å². The minimum atomic E-state index is -4.01. The van der Waals surface area contributed by atoms with Crippen molar-refractivity contribution >= 4 is 48.0 Å². The average molecular weight is 378 g/mol. The Hall–Kier alpha value is -0.610. The van der Waals surface area contributed by atoms with Crippen molar-refractivity contribution in [3.63, 3.8) is 0 Å². The van der Waals surface area contributed by atoms with E-state index in [1.165, 1.54) is 13.2 Å². The van der Waals surface area contributed by atoms with Crippen molar-refractivity contribution in [1.29, 1.82) is 0 Å². The largest absolute Gasteiger partial charge is 0.490 e. The molecule has 0 amide bonds. The Bertz CT molecular complexity index is 544. The number of halogens is 2. The summed E-state index contributed by atoms with van der Waals surface area (Å²) < 4.78 is 27.3. The predicted octanol–water partition coefficient (Wildman–Crippen LogP) is 2.14. The van der Waals surface area contributed by atoms with Gasteiger partial charge in [-0.25, -0.2) is 8.42 Å². The van der Waals surface area contributed by atoms with Crippen molar-refractivity contribution in [1.82, 2.24) is 0 Å². The van der Waals surface area contributed by atoms with E-state index in [1.54, 1.807) is 22.6 Å². The molecule has 0 aromatic heterocycles. The molecule has 0 spiro atoms. The normalized spacial score (nSPS) is 11.2. The third-order valence-corrected chi connectivity index (χ3v) is 4.31. The maximum Gasteiger partial charge on any atom is 0.312 e. The lowest BCUT2D eigenvalue weighted by atomic mass is 10.3. The number of hydrogen-bond donors (Lipinski definition) is 0. The van der Waals surface area contributed by atoms with Gasteiger partial charge in [-0.1, -0.05) is 0 Å². The predicted molar refractivity (Wildman–Crippen MR) is 65.4 cm³/mol. The molecular formula is C7H5ClINO5S. The van der Waals surface area contributed by atoms with Gasteiger partial charge in [0.25, 0.3) is 9.05 Å². The van der Waals surface area contributed by atoms with Crippen LogP contribution in [0.25, 0.3) is 0 Å². The van der Waals surface area contributed by atoms with Crippen molar-refractivity contribution in [3.8, 4) is 5.75 Å². The van der Waals surface area contributed by atoms with Crippen molar-refractivity contribution < 1.29 is 18.1 Å². The Labute approximate surface area is 109 Å². The van der Waals surface area contributed by atoms with Gasteiger partial charge in [0.15, 0.2) is 5.75 Å². The number of ether oxygens (including phenoxy) is 1. The van der Waals surface area contributed by atoms with E-state index < -0.39 is 19.7 Å². The van der Waals surface area contributed by atoms with Gasteiger partial charge in [0, 0.05) is 26.4 Å². The fourth-order valence-electron chi connectivity index (χ4n) is 1.02. The number of nitrogens with zero attached hydrogens (tertiary/aromatic N) is 1. The van der Waals surface area contributed by atoms with E-state index in [0.717, 1.165) is 6.07 Å². The summed E-state index contributed by atoms with van der Waals surface area (Å²) in [7, 11) is 2.39. The molecule has 0 radical (unpaired) electrons. The van der Waals surface area contributed by atoms with Crippen LogP contribution in [-0.4, -0.2) is 20.5 Å². The summed E-state index contributed by atoms with van der Waals surface area (Å²) in [5.41, 5.74) is -0.442. The number of benzene rings is 1. The van der Waals surface area contributed by atoms with Crippen molar-refractivity contribution in [2.75, 3.05) is 7.11 Å². The fraction of sp³-hybridized carbons (Fsp3) is 0.143. The Morgan fingerprint density at radius 2 is 2.06 bits per heavy atom. The maximum atomic E-state index is 11.1. The summed E-state index contributed by atoms with van der Waals surface area (Å²) in [4.78, 5) is 9.62. The molecule has 0 aliphatic carbocycles. The van der Waals surface area contributed by atoms with Gasteiger partial charge in [0.2, 0.25) is 0 Å². The first-order valence-corrected chi connectivity index (χ1v) is 7.12. The first-order chi connectivity index (χ1) is 7.27. The first kappa shape index (κ1) is 13.5. The van der Waals surface area contributed by atoms with E-state index in [0.29, 0.717) is 0 Å². The van der Waals surface area contributed by atoms with E-state index in [4.69, 9.17) is 15.4 Å². The van der Waals surface area contributed by atoms with Crippen LogP contribution in [0.3, 0.4) is 0 Å². The molecule has 88 valence electrons. The maximum absolute atomic E-state index is 11.1. The standard InChI is InChI=1S/C7H5ClINO5S/c1-15-6-2-4(9)7(16(8,13)14)3-5(6)10(11)12/h2-3H,1H3. The smallest absolute Gasteiger partial charge is 0.312 e. The van der Waals surface area contributed by atoms with E-state index in [2.05, 4.69) is 0 Å². The van der Waals surface area contributed by atoms with Gasteiger partial charge in [0.05, 0.1) is 12.0 Å². The molecule has 0 aliphatic heterocycles. The van der Waals surface area contributed by atoms with Crippen LogP contribution in [0.1, 0.15) is 0 Å². The third-order valence-electron chi connectivity index (χ3n) is 1.69. The quantitative estimate of drug-likeness (QED) is 0.349. The minimum absolute atomic E-state index is 0.0153. The number of methoxy groups -OCH3 is 1. The zero-order valence-electron chi connectivity index (χ0n) is 7.81. The lowest BCUT2D eigenvalue weighted by Gasteiger charge is -2.05. The Balaban J connectivity index is 3.58. The monoisotopic (exact) mass is 377 g/mol. The van der Waals surface area contributed by atoms with Crippen LogP contribution in [0.2, 0.25) is 0 Å². The molecule has 16 heavy (non-hydrogen) atoms. The molecule has 0 heterocycles. The van der Waals surface area contributed by atoms with Crippen molar-refractivity contribution in [2.45, 2.75) is 4.90 Å². The van der Waals surface area contributed by atoms with E-state index in [-0.39, 0.29) is 14.2 Å². The lowest BCUT2D eigenvalue weighted by molar-refractivity contribution is -0.386. The molecule has 0 unspecified atom stereocenters. The minimum Gasteiger partial charge on any atom is -0.490 e. The fourth-order valence-corrected chi connectivity index (χ4v) is 3.64. The van der Waals surface area contributed by atoms with E-state index in [1.807, 2.05) is 0 Å². The van der Waals surface area contributed by atoms with Crippen LogP contribution >= 0.6 is 33.3 Å². The van der Waals surface area contributed by atoms with Crippen molar-refractivity contribution in [3.05, 3.63) is 25.8 Å². The van der Waals surface area contributed by atoms with Crippen LogP contribution in [0, 0.1) is 13.7 Å². The molecule has 9 heteroatoms. The van der Waals surface area contributed by atoms with Crippen LogP contribution < -0.4 is 4.74 Å². The third kappa shape index (κ3) is 2.74. The Kier molecular flexibility index (Phi) is 3.97. The van der Waals surface area contributed by atoms with Crippen LogP contribution in [0.15, 0.2) is 17.0 Å². The van der Waals surface area contributed by atoms with Gasteiger partial charge in [0.1, 0.15) is 4.90 Å². The van der Waals surface area contributed by atoms with Gasteiger partial charge in [-0.15, -0.1) is 0 Å². The molecule has 0 fully saturated rings. The molecule has 1 aromatic rings. The van der Waals surface area contributed by atoms with Gasteiger partial charge < -0.3 is 4.74 Å². The highest BCUT2D eigenvalue weighted by atomic mass is 127. The highest BCUT2D eigenvalue weighted by molar-refractivity contribution is 14.1. The average Bonchev–Trinajstić information content (AvgIpc) is 2.14. The highest BCUT2D eigenvalue weighted by Gasteiger charge is 2.23. The zero-order valence-corrected chi connectivity index (χ0v) is 11.5. The van der Waals surface area contributed by atoms with Crippen LogP contribution in [-0.2, 0) is 9.05 Å². The summed E-state index contributed by atoms with van der Waals surface area (Å²) in [6.07, 6.45) is 0. The first-order valence-electron chi connectivity index (χ1n) is 3.74. The number of nitro groups is 1. The highest BCUT2D eigenvalue weighted by Crippen LogP contribution is 2.34. The van der Waals surface area contributed by atoms with Gasteiger partial charge in [-0.2, -0.15) is 0 Å². The van der Waals surface area contributed by atoms with Gasteiger partial charge >= 0.3 is 5.69 Å². The molecule has 0 N–H and O–H groups in total. The van der Waals surface area contributed by atoms with Gasteiger partial charge in [-0.05, 0) is 22.6 Å². The van der Waals surface area contributed by atoms with Crippen molar-refractivity contribution in [2.24, 2.45) is 0 Å². The summed E-state index contributed by atoms with van der Waals surface area (Å²) in [5.74, 6) is -0.0153. The summed E-state index contributed by atoms with van der Waals surface area (Å²) in [6.45, 7) is 0. The second-order valence-corrected chi connectivity index (χ2v) is 6.35. The second-order valence-electron chi connectivity index (χ2n) is 2.65. The molecular weight excluding hydrogens is 373 g/mol. The molecule has 0 atom stereocenters. The molecule has 0 saturated carbocycles. The number of nitro benzene ring substituents is 1. The molecule has 1 rings (SSSR count). The number of rotatable bonds is 3. The Morgan fingerprint density at radius 3 is 2.44 bits per heavy atom. The van der Waals surface area contributed by atoms with Crippen LogP contribution in [0.5, 0.6) is 5.75 Å². The molecule has 0 bridgehead atoms. The van der Waals surface area contributed by atoms with Crippen LogP contribution in [0.4, 0.5) is 5.69 Å². The molecule has 1 aromatic carbocycles. The summed E-state index contributed by atoms with van der Waals surface area (Å²) in [6, 6.07) is 2.12. The molecule has 6 nitrogen and oxygen atoms in total. The Morgan fingerprint density at radius 1 is 1.50 bits per heavy atom.